The van der Waals surface area contributed by atoms with Crippen molar-refractivity contribution < 1.29 is 4.42 Å². The second-order valence-corrected chi connectivity index (χ2v) is 10.2. The Morgan fingerprint density at radius 1 is 1.03 bits per heavy atom. The second kappa shape index (κ2) is 10.1. The fraction of sp³-hybridized carbons (Fsp3) is 0. The van der Waals surface area contributed by atoms with Crippen molar-refractivity contribution in [2.45, 2.75) is 0 Å². The van der Waals surface area contributed by atoms with Crippen molar-refractivity contribution >= 4 is 49.9 Å². The Bertz CT molecular complexity index is 1920. The summed E-state index contributed by atoms with van der Waals surface area (Å²) in [4.78, 5) is 17.3. The van der Waals surface area contributed by atoms with E-state index in [9.17, 15) is 10.1 Å². The van der Waals surface area contributed by atoms with Gasteiger partial charge >= 0.3 is 5.63 Å². The molecule has 3 aromatic carbocycles. The van der Waals surface area contributed by atoms with Crippen molar-refractivity contribution in [2.75, 3.05) is 0 Å². The molecule has 0 spiro atoms. The van der Waals surface area contributed by atoms with Gasteiger partial charge in [0, 0.05) is 32.6 Å². The molecule has 3 heterocycles. The van der Waals surface area contributed by atoms with Gasteiger partial charge in [0.05, 0.1) is 28.2 Å². The minimum atomic E-state index is -0.477. The molecule has 0 radical (unpaired) electrons. The predicted molar refractivity (Wildman–Crippen MR) is 154 cm³/mol. The monoisotopic (exact) mass is 576 g/mol. The highest BCUT2D eigenvalue weighted by Gasteiger charge is 2.16. The van der Waals surface area contributed by atoms with Crippen LogP contribution < -0.4 is 5.63 Å². The van der Waals surface area contributed by atoms with Crippen LogP contribution in [0.5, 0.6) is 0 Å². The van der Waals surface area contributed by atoms with Crippen LogP contribution in [0, 0.1) is 11.3 Å². The van der Waals surface area contributed by atoms with E-state index in [1.165, 1.54) is 11.3 Å². The Kier molecular flexibility index (Phi) is 6.30. The van der Waals surface area contributed by atoms with Crippen molar-refractivity contribution in [1.29, 1.82) is 5.26 Å². The first kappa shape index (κ1) is 23.8. The first-order valence-electron chi connectivity index (χ1n) is 11.6. The number of thiazole rings is 1. The van der Waals surface area contributed by atoms with E-state index in [2.05, 4.69) is 27.0 Å². The predicted octanol–water partition coefficient (Wildman–Crippen LogP) is 7.60. The highest BCUT2D eigenvalue weighted by Crippen LogP contribution is 2.31. The average molecular weight is 577 g/mol. The van der Waals surface area contributed by atoms with E-state index < -0.39 is 5.63 Å². The van der Waals surface area contributed by atoms with Gasteiger partial charge in [0.1, 0.15) is 16.7 Å². The van der Waals surface area contributed by atoms with Gasteiger partial charge in [-0.05, 0) is 42.5 Å². The molecule has 3 aromatic heterocycles. The molecular formula is C30H17BrN4O2S. The summed E-state index contributed by atoms with van der Waals surface area (Å²) in [6, 6.07) is 29.1. The van der Waals surface area contributed by atoms with Gasteiger partial charge in [-0.15, -0.1) is 11.3 Å². The Morgan fingerprint density at radius 2 is 1.79 bits per heavy atom. The van der Waals surface area contributed by atoms with Crippen molar-refractivity contribution in [2.24, 2.45) is 0 Å². The molecule has 6 rings (SSSR count). The highest BCUT2D eigenvalue weighted by atomic mass is 79.9. The van der Waals surface area contributed by atoms with Gasteiger partial charge in [-0.2, -0.15) is 10.4 Å². The molecule has 0 bridgehead atoms. The molecule has 8 heteroatoms. The summed E-state index contributed by atoms with van der Waals surface area (Å²) in [6.45, 7) is 0. The number of fused-ring (bicyclic) bond motifs is 1. The van der Waals surface area contributed by atoms with Crippen LogP contribution in [-0.2, 0) is 0 Å². The van der Waals surface area contributed by atoms with Gasteiger partial charge in [0.25, 0.3) is 0 Å². The molecule has 6 nitrogen and oxygen atoms in total. The van der Waals surface area contributed by atoms with Gasteiger partial charge < -0.3 is 4.42 Å². The van der Waals surface area contributed by atoms with Gasteiger partial charge in [-0.3, -0.25) is 0 Å². The van der Waals surface area contributed by atoms with Crippen molar-refractivity contribution in [3.05, 3.63) is 122 Å². The van der Waals surface area contributed by atoms with E-state index in [-0.39, 0.29) is 0 Å². The Morgan fingerprint density at radius 3 is 2.55 bits per heavy atom. The maximum absolute atomic E-state index is 12.7. The Labute approximate surface area is 229 Å². The fourth-order valence-electron chi connectivity index (χ4n) is 4.12. The van der Waals surface area contributed by atoms with Gasteiger partial charge in [0.15, 0.2) is 0 Å². The number of para-hydroxylation sites is 1. The van der Waals surface area contributed by atoms with E-state index in [4.69, 9.17) is 9.52 Å². The first-order chi connectivity index (χ1) is 18.6. The van der Waals surface area contributed by atoms with Crippen molar-refractivity contribution in [1.82, 2.24) is 14.8 Å². The van der Waals surface area contributed by atoms with Gasteiger partial charge in [0.2, 0.25) is 0 Å². The van der Waals surface area contributed by atoms with E-state index in [0.717, 1.165) is 32.4 Å². The highest BCUT2D eigenvalue weighted by molar-refractivity contribution is 9.10. The molecule has 0 aliphatic carbocycles. The standard InChI is InChI=1S/C30H17BrN4O2S/c31-23-11-12-27-20(14-23)15-25(30(36)37-27)26-18-38-29(33-26)21(16-32)13-22-17-35(24-9-5-2-6-10-24)34-28(22)19-7-3-1-4-8-19/h1-15,17-18H. The lowest BCUT2D eigenvalue weighted by atomic mass is 10.1. The molecule has 0 saturated heterocycles. The van der Waals surface area contributed by atoms with Crippen molar-refractivity contribution in [3.63, 3.8) is 0 Å². The molecule has 0 N–H and O–H groups in total. The zero-order chi connectivity index (χ0) is 26.1. The van der Waals surface area contributed by atoms with Crippen LogP contribution in [0.2, 0.25) is 0 Å². The molecule has 6 aromatic rings. The first-order valence-corrected chi connectivity index (χ1v) is 13.3. The van der Waals surface area contributed by atoms with Crippen LogP contribution in [0.4, 0.5) is 0 Å². The number of halogens is 1. The molecular weight excluding hydrogens is 560 g/mol. The summed E-state index contributed by atoms with van der Waals surface area (Å²) in [6.07, 6.45) is 3.69. The number of hydrogen-bond donors (Lipinski definition) is 0. The van der Waals surface area contributed by atoms with Crippen molar-refractivity contribution in [3.8, 4) is 34.3 Å². The Balaban J connectivity index is 1.43. The third-order valence-corrected chi connectivity index (χ3v) is 7.30. The molecule has 182 valence electrons. The normalized spacial score (nSPS) is 11.5. The third-order valence-electron chi connectivity index (χ3n) is 5.94. The number of nitriles is 1. The van der Waals surface area contributed by atoms with E-state index in [0.29, 0.717) is 27.4 Å². The topological polar surface area (TPSA) is 84.7 Å². The fourth-order valence-corrected chi connectivity index (χ4v) is 5.28. The van der Waals surface area contributed by atoms with E-state index in [1.54, 1.807) is 28.3 Å². The van der Waals surface area contributed by atoms with Crippen LogP contribution >= 0.6 is 27.3 Å². The van der Waals surface area contributed by atoms with Crippen LogP contribution in [0.3, 0.4) is 0 Å². The number of nitrogens with zero attached hydrogens (tertiary/aromatic N) is 4. The zero-order valence-corrected chi connectivity index (χ0v) is 22.1. The molecule has 0 atom stereocenters. The molecule has 0 aliphatic rings. The molecule has 0 unspecified atom stereocenters. The van der Waals surface area contributed by atoms with Gasteiger partial charge in [-0.1, -0.05) is 64.5 Å². The number of allylic oxidation sites excluding steroid dienone is 1. The number of hydrogen-bond acceptors (Lipinski definition) is 6. The average Bonchev–Trinajstić information content (AvgIpc) is 3.60. The summed E-state index contributed by atoms with van der Waals surface area (Å²) in [5.74, 6) is 0. The minimum absolute atomic E-state index is 0.345. The maximum atomic E-state index is 12.7. The second-order valence-electron chi connectivity index (χ2n) is 8.42. The molecule has 0 fully saturated rings. The van der Waals surface area contributed by atoms with Gasteiger partial charge in [-0.25, -0.2) is 14.5 Å². The third kappa shape index (κ3) is 4.61. The van der Waals surface area contributed by atoms with Crippen LogP contribution in [0.25, 0.3) is 50.8 Å². The summed E-state index contributed by atoms with van der Waals surface area (Å²) < 4.78 is 8.18. The summed E-state index contributed by atoms with van der Waals surface area (Å²) in [5.41, 5.74) is 4.58. The Hall–Kier alpha value is -4.58. The lowest BCUT2D eigenvalue weighted by Gasteiger charge is -2.01. The largest absolute Gasteiger partial charge is 0.422 e. The smallest absolute Gasteiger partial charge is 0.345 e. The summed E-state index contributed by atoms with van der Waals surface area (Å²) in [7, 11) is 0. The zero-order valence-electron chi connectivity index (χ0n) is 19.7. The summed E-state index contributed by atoms with van der Waals surface area (Å²) >= 11 is 4.75. The van der Waals surface area contributed by atoms with E-state index >= 15 is 0 Å². The van der Waals surface area contributed by atoms with E-state index in [1.807, 2.05) is 79.0 Å². The van der Waals surface area contributed by atoms with Crippen LogP contribution in [0.15, 0.2) is 110 Å². The maximum Gasteiger partial charge on any atom is 0.345 e. The van der Waals surface area contributed by atoms with Crippen LogP contribution in [0.1, 0.15) is 10.6 Å². The number of rotatable bonds is 5. The lowest BCUT2D eigenvalue weighted by Crippen LogP contribution is -2.02. The number of benzene rings is 3. The molecule has 0 amide bonds. The molecule has 0 aliphatic heterocycles. The molecule has 38 heavy (non-hydrogen) atoms. The minimum Gasteiger partial charge on any atom is -0.422 e. The lowest BCUT2D eigenvalue weighted by molar-refractivity contribution is 0.563. The SMILES string of the molecule is N#CC(=Cc1cn(-c2ccccc2)nc1-c1ccccc1)c1nc(-c2cc3cc(Br)ccc3oc2=O)cs1. The number of aromatic nitrogens is 3. The molecule has 0 saturated carbocycles. The summed E-state index contributed by atoms with van der Waals surface area (Å²) in [5, 5.41) is 17.9. The quantitative estimate of drug-likeness (QED) is 0.156. The van der Waals surface area contributed by atoms with Crippen LogP contribution in [-0.4, -0.2) is 14.8 Å².